The molecule has 2 saturated carbocycles. The fraction of sp³-hybridized carbons (Fsp3) is 0.941. The van der Waals surface area contributed by atoms with E-state index in [1.165, 1.54) is 6.92 Å². The Morgan fingerprint density at radius 2 is 1.45 bits per heavy atom. The molecule has 2 rings (SSSR count). The van der Waals surface area contributed by atoms with Gasteiger partial charge in [-0.1, -0.05) is 40.5 Å². The van der Waals surface area contributed by atoms with E-state index in [1.807, 2.05) is 0 Å². The van der Waals surface area contributed by atoms with Crippen LogP contribution >= 0.6 is 0 Å². The van der Waals surface area contributed by atoms with Crippen molar-refractivity contribution >= 4 is 5.91 Å². The fourth-order valence-corrected chi connectivity index (χ4v) is 3.92. The van der Waals surface area contributed by atoms with Gasteiger partial charge in [-0.05, 0) is 30.1 Å². The smallest absolute Gasteiger partial charge is 0.229 e. The Morgan fingerprint density at radius 1 is 0.864 bits per heavy atom. The van der Waals surface area contributed by atoms with Crippen molar-refractivity contribution in [3.8, 4) is 0 Å². The molecule has 9 atom stereocenters. The molecular weight excluding hydrogens is 291 g/mol. The van der Waals surface area contributed by atoms with Crippen LogP contribution in [0.1, 0.15) is 47.0 Å². The highest BCUT2D eigenvalue weighted by molar-refractivity contribution is 5.80. The van der Waals surface area contributed by atoms with E-state index in [-0.39, 0.29) is 12.0 Å². The molecule has 0 aliphatic heterocycles. The van der Waals surface area contributed by atoms with E-state index in [9.17, 15) is 18.0 Å². The summed E-state index contributed by atoms with van der Waals surface area (Å²) in [4.78, 5) is 12.4. The zero-order valence-corrected chi connectivity index (χ0v) is 13.9. The van der Waals surface area contributed by atoms with E-state index in [0.29, 0.717) is 5.92 Å². The number of carbonyl (C=O) groups excluding carboxylic acids is 1. The van der Waals surface area contributed by atoms with E-state index < -0.39 is 42.2 Å². The lowest BCUT2D eigenvalue weighted by molar-refractivity contribution is -0.140. The average molecular weight is 319 g/mol. The van der Waals surface area contributed by atoms with Crippen LogP contribution in [0.25, 0.3) is 0 Å². The first-order valence-corrected chi connectivity index (χ1v) is 8.48. The zero-order chi connectivity index (χ0) is 16.6. The minimum Gasteiger partial charge on any atom is -0.353 e. The van der Waals surface area contributed by atoms with Gasteiger partial charge in [0.15, 0.2) is 0 Å². The van der Waals surface area contributed by atoms with Crippen LogP contribution in [-0.2, 0) is 4.79 Å². The van der Waals surface area contributed by atoms with Crippen molar-refractivity contribution in [2.45, 2.75) is 71.5 Å². The second kappa shape index (κ2) is 6.79. The second-order valence-electron chi connectivity index (χ2n) is 7.46. The summed E-state index contributed by atoms with van der Waals surface area (Å²) >= 11 is 0. The number of amides is 1. The summed E-state index contributed by atoms with van der Waals surface area (Å²) in [6.07, 6.45) is -2.54. The molecule has 0 radical (unpaired) electrons. The predicted molar refractivity (Wildman–Crippen MR) is 80.6 cm³/mol. The van der Waals surface area contributed by atoms with E-state index in [2.05, 4.69) is 19.2 Å². The maximum atomic E-state index is 14.4. The molecule has 22 heavy (non-hydrogen) atoms. The Labute approximate surface area is 131 Å². The first-order valence-electron chi connectivity index (χ1n) is 8.48. The Bertz CT molecular complexity index is 389. The Kier molecular flexibility index (Phi) is 5.44. The number of carbonyl (C=O) groups is 1. The second-order valence-corrected chi connectivity index (χ2v) is 7.46. The van der Waals surface area contributed by atoms with Crippen LogP contribution in [0.5, 0.6) is 0 Å². The van der Waals surface area contributed by atoms with E-state index >= 15 is 0 Å². The third-order valence-corrected chi connectivity index (χ3v) is 6.16. The largest absolute Gasteiger partial charge is 0.353 e. The minimum atomic E-state index is -2.06. The molecule has 128 valence electrons. The molecule has 5 heteroatoms. The molecule has 0 aromatic carbocycles. The maximum absolute atomic E-state index is 14.4. The van der Waals surface area contributed by atoms with Gasteiger partial charge in [0.05, 0.1) is 0 Å². The molecule has 2 aliphatic rings. The van der Waals surface area contributed by atoms with Gasteiger partial charge in [-0.25, -0.2) is 13.2 Å². The molecule has 9 unspecified atom stereocenters. The van der Waals surface area contributed by atoms with Crippen LogP contribution in [0.4, 0.5) is 13.2 Å². The lowest BCUT2D eigenvalue weighted by atomic mass is 9.71. The number of hydrogen-bond acceptors (Lipinski definition) is 1. The summed E-state index contributed by atoms with van der Waals surface area (Å²) in [6.45, 7) is 7.24. The SMILES string of the molecule is CC1CCCC(NC(=O)C2C(F)C(C)C(C)C(F)C2F)C1C. The molecule has 2 fully saturated rings. The van der Waals surface area contributed by atoms with E-state index in [4.69, 9.17) is 0 Å². The van der Waals surface area contributed by atoms with Crippen molar-refractivity contribution in [1.29, 1.82) is 0 Å². The van der Waals surface area contributed by atoms with Crippen LogP contribution in [0.15, 0.2) is 0 Å². The monoisotopic (exact) mass is 319 g/mol. The maximum Gasteiger partial charge on any atom is 0.229 e. The van der Waals surface area contributed by atoms with Crippen LogP contribution in [0, 0.1) is 29.6 Å². The van der Waals surface area contributed by atoms with Gasteiger partial charge in [0.1, 0.15) is 24.4 Å². The molecule has 0 saturated heterocycles. The molecule has 2 nitrogen and oxygen atoms in total. The zero-order valence-electron chi connectivity index (χ0n) is 13.9. The van der Waals surface area contributed by atoms with Crippen molar-refractivity contribution in [3.63, 3.8) is 0 Å². The number of alkyl halides is 3. The standard InChI is InChI=1S/C17H28F3NO/c1-8-6-5-7-12(9(8)2)21-17(22)13-14(18)10(3)11(4)15(19)16(13)20/h8-16H,5-7H2,1-4H3,(H,21,22). The first kappa shape index (κ1) is 17.6. The average Bonchev–Trinajstić information content (AvgIpc) is 2.48. The van der Waals surface area contributed by atoms with Crippen LogP contribution < -0.4 is 5.32 Å². The molecule has 0 aromatic heterocycles. The van der Waals surface area contributed by atoms with Gasteiger partial charge in [-0.2, -0.15) is 0 Å². The summed E-state index contributed by atoms with van der Waals surface area (Å²) in [5.74, 6) is -2.79. The summed E-state index contributed by atoms with van der Waals surface area (Å²) < 4.78 is 42.6. The predicted octanol–water partition coefficient (Wildman–Crippen LogP) is 3.84. The quantitative estimate of drug-likeness (QED) is 0.823. The molecule has 1 N–H and O–H groups in total. The van der Waals surface area contributed by atoms with Gasteiger partial charge in [0, 0.05) is 6.04 Å². The van der Waals surface area contributed by atoms with Crippen molar-refractivity contribution in [2.24, 2.45) is 29.6 Å². The summed E-state index contributed by atoms with van der Waals surface area (Å²) in [6, 6.07) is -0.0663. The van der Waals surface area contributed by atoms with Gasteiger partial charge in [0.2, 0.25) is 5.91 Å². The van der Waals surface area contributed by atoms with E-state index in [0.717, 1.165) is 19.3 Å². The minimum absolute atomic E-state index is 0.0663. The van der Waals surface area contributed by atoms with Crippen LogP contribution in [0.3, 0.4) is 0 Å². The van der Waals surface area contributed by atoms with Crippen LogP contribution in [0.2, 0.25) is 0 Å². The number of nitrogens with one attached hydrogen (secondary N) is 1. The number of rotatable bonds is 2. The number of halogens is 3. The first-order chi connectivity index (χ1) is 10.3. The highest BCUT2D eigenvalue weighted by Gasteiger charge is 2.52. The van der Waals surface area contributed by atoms with Crippen molar-refractivity contribution in [1.82, 2.24) is 5.32 Å². The third-order valence-electron chi connectivity index (χ3n) is 6.16. The molecule has 1 amide bonds. The summed E-state index contributed by atoms with van der Waals surface area (Å²) in [5, 5.41) is 2.80. The molecule has 0 aromatic rings. The Morgan fingerprint density at radius 3 is 2.09 bits per heavy atom. The van der Waals surface area contributed by atoms with Crippen molar-refractivity contribution in [2.75, 3.05) is 0 Å². The van der Waals surface area contributed by atoms with Crippen molar-refractivity contribution in [3.05, 3.63) is 0 Å². The highest BCUT2D eigenvalue weighted by atomic mass is 19.2. The summed E-state index contributed by atoms with van der Waals surface area (Å²) in [7, 11) is 0. The van der Waals surface area contributed by atoms with Gasteiger partial charge in [-0.15, -0.1) is 0 Å². The molecule has 2 aliphatic carbocycles. The lowest BCUT2D eigenvalue weighted by Crippen LogP contribution is -2.56. The molecule has 0 heterocycles. The molecule has 0 spiro atoms. The Hall–Kier alpha value is -0.740. The highest BCUT2D eigenvalue weighted by Crippen LogP contribution is 2.40. The van der Waals surface area contributed by atoms with Gasteiger partial charge in [0.25, 0.3) is 0 Å². The lowest BCUT2D eigenvalue weighted by Gasteiger charge is -2.41. The Balaban J connectivity index is 2.07. The fourth-order valence-electron chi connectivity index (χ4n) is 3.92. The number of hydrogen-bond donors (Lipinski definition) is 1. The van der Waals surface area contributed by atoms with E-state index in [1.54, 1.807) is 6.92 Å². The molecule has 0 bridgehead atoms. The van der Waals surface area contributed by atoms with Gasteiger partial charge < -0.3 is 5.32 Å². The topological polar surface area (TPSA) is 29.1 Å². The third kappa shape index (κ3) is 3.13. The summed E-state index contributed by atoms with van der Waals surface area (Å²) in [5.41, 5.74) is 0. The van der Waals surface area contributed by atoms with Crippen LogP contribution in [-0.4, -0.2) is 30.5 Å². The normalized spacial score (nSPS) is 49.7. The van der Waals surface area contributed by atoms with Crippen molar-refractivity contribution < 1.29 is 18.0 Å². The van der Waals surface area contributed by atoms with Gasteiger partial charge >= 0.3 is 0 Å². The molecular formula is C17H28F3NO. The van der Waals surface area contributed by atoms with Gasteiger partial charge in [-0.3, -0.25) is 4.79 Å².